The Balaban J connectivity index is 1.12. The largest absolute Gasteiger partial charge is 0.507 e. The second-order valence-corrected chi connectivity index (χ2v) is 23.3. The van der Waals surface area contributed by atoms with Gasteiger partial charge in [-0.25, -0.2) is 0 Å². The first-order chi connectivity index (χ1) is 39.4. The van der Waals surface area contributed by atoms with Crippen LogP contribution in [0.1, 0.15) is 150 Å². The number of aromatic hydroxyl groups is 2. The Morgan fingerprint density at radius 2 is 1.64 bits per heavy atom. The van der Waals surface area contributed by atoms with Gasteiger partial charge in [0.05, 0.1) is 29.6 Å². The van der Waals surface area contributed by atoms with E-state index in [4.69, 9.17) is 4.74 Å². The average molecular weight is 1090 g/mol. The van der Waals surface area contributed by atoms with E-state index >= 15 is 9.59 Å². The van der Waals surface area contributed by atoms with Crippen molar-refractivity contribution >= 4 is 29.5 Å². The number of Topliss-reactive ketones (excluding diaryl/α,β-unsaturated/α-hetero) is 2. The van der Waals surface area contributed by atoms with Crippen molar-refractivity contribution in [2.45, 2.75) is 139 Å². The van der Waals surface area contributed by atoms with E-state index in [2.05, 4.69) is 51.5 Å². The van der Waals surface area contributed by atoms with Crippen LogP contribution in [-0.2, 0) is 35.3 Å². The summed E-state index contributed by atoms with van der Waals surface area (Å²) in [4.78, 5) is 38.3. The Labute approximate surface area is 474 Å². The normalized spacial score (nSPS) is 25.6. The molecule has 5 bridgehead atoms. The van der Waals surface area contributed by atoms with Crippen LogP contribution in [0.5, 0.6) is 17.2 Å². The van der Waals surface area contributed by atoms with Gasteiger partial charge in [-0.15, -0.1) is 0 Å². The van der Waals surface area contributed by atoms with Crippen molar-refractivity contribution in [1.29, 1.82) is 0 Å². The molecule has 422 valence electrons. The molecule has 1 saturated carbocycles. The number of aliphatic hydroxyl groups is 4. The molecule has 13 nitrogen and oxygen atoms in total. The summed E-state index contributed by atoms with van der Waals surface area (Å²) in [6.45, 7) is 2.69. The molecule has 9 atom stereocenters. The van der Waals surface area contributed by atoms with Crippen LogP contribution >= 0.6 is 0 Å². The van der Waals surface area contributed by atoms with Gasteiger partial charge in [0.1, 0.15) is 29.5 Å². The number of aromatic nitrogens is 2. The molecule has 0 spiro atoms. The Hall–Kier alpha value is -7.18. The minimum absolute atomic E-state index is 0.0671. The summed E-state index contributed by atoms with van der Waals surface area (Å²) in [6, 6.07) is 28.0. The van der Waals surface area contributed by atoms with Crippen molar-refractivity contribution in [1.82, 2.24) is 15.3 Å². The molecule has 2 aromatic heterocycles. The minimum atomic E-state index is -1.48. The van der Waals surface area contributed by atoms with Gasteiger partial charge in [-0.05, 0) is 170 Å². The lowest BCUT2D eigenvalue weighted by Gasteiger charge is -2.39. The Morgan fingerprint density at radius 1 is 0.815 bits per heavy atom. The van der Waals surface area contributed by atoms with Gasteiger partial charge >= 0.3 is 0 Å². The monoisotopic (exact) mass is 1090 g/mol. The van der Waals surface area contributed by atoms with Crippen molar-refractivity contribution in [3.05, 3.63) is 176 Å². The maximum atomic E-state index is 16.3. The van der Waals surface area contributed by atoms with E-state index in [1.165, 1.54) is 0 Å². The van der Waals surface area contributed by atoms with E-state index in [0.717, 1.165) is 71.2 Å². The number of phenols is 2. The molecule has 5 aliphatic rings. The number of aliphatic hydroxyl groups excluding tert-OH is 3. The van der Waals surface area contributed by atoms with Gasteiger partial charge in [-0.1, -0.05) is 91.6 Å². The third-order valence-corrected chi connectivity index (χ3v) is 17.9. The number of nitrogens with one attached hydrogen (secondary N) is 4. The van der Waals surface area contributed by atoms with E-state index in [-0.39, 0.29) is 66.8 Å². The molecule has 0 saturated heterocycles. The number of anilines is 1. The number of benzene rings is 4. The number of ketones is 2. The van der Waals surface area contributed by atoms with Gasteiger partial charge in [-0.2, -0.15) is 0 Å². The first-order valence-corrected chi connectivity index (χ1v) is 29.4. The van der Waals surface area contributed by atoms with Crippen LogP contribution in [0, 0.1) is 29.6 Å². The zero-order valence-electron chi connectivity index (χ0n) is 46.2. The third kappa shape index (κ3) is 12.0. The highest BCUT2D eigenvalue weighted by atomic mass is 16.5. The van der Waals surface area contributed by atoms with E-state index in [1.54, 1.807) is 36.4 Å². The number of hydrogen-bond acceptors (Lipinski definition) is 11. The number of carbonyl (C=O) groups excluding carboxylic acids is 2. The highest BCUT2D eigenvalue weighted by Gasteiger charge is 2.47. The molecule has 1 fully saturated rings. The second kappa shape index (κ2) is 24.5. The molecule has 2 aliphatic heterocycles. The van der Waals surface area contributed by atoms with Gasteiger partial charge in [0, 0.05) is 73.0 Å². The number of fused-ring (bicyclic) bond motifs is 8. The van der Waals surface area contributed by atoms with Crippen molar-refractivity contribution in [3.63, 3.8) is 0 Å². The maximum absolute atomic E-state index is 16.3. The lowest BCUT2D eigenvalue weighted by molar-refractivity contribution is -0.135. The summed E-state index contributed by atoms with van der Waals surface area (Å²) in [7, 11) is 0. The molecule has 4 heterocycles. The lowest BCUT2D eigenvalue weighted by Crippen LogP contribution is -2.43. The first kappa shape index (κ1) is 55.7. The zero-order chi connectivity index (χ0) is 56.2. The van der Waals surface area contributed by atoms with Gasteiger partial charge in [0.15, 0.2) is 17.3 Å². The summed E-state index contributed by atoms with van der Waals surface area (Å²) in [5.74, 6) is 3.08. The third-order valence-electron chi connectivity index (χ3n) is 17.9. The zero-order valence-corrected chi connectivity index (χ0v) is 46.2. The van der Waals surface area contributed by atoms with Gasteiger partial charge in [0.25, 0.3) is 0 Å². The second-order valence-electron chi connectivity index (χ2n) is 23.3. The molecular formula is C68H76N4O9. The molecule has 9 unspecified atom stereocenters. The van der Waals surface area contributed by atoms with Crippen molar-refractivity contribution in [2.75, 3.05) is 25.0 Å². The number of hydrogen-bond donors (Lipinski definition) is 10. The van der Waals surface area contributed by atoms with Crippen LogP contribution in [0.25, 0.3) is 12.2 Å². The van der Waals surface area contributed by atoms with Crippen LogP contribution in [-0.4, -0.2) is 95.7 Å². The molecule has 13 heteroatoms. The molecule has 3 aliphatic carbocycles. The molecule has 4 aromatic carbocycles. The fourth-order valence-corrected chi connectivity index (χ4v) is 13.5. The van der Waals surface area contributed by atoms with Crippen molar-refractivity contribution < 1.29 is 45.0 Å². The van der Waals surface area contributed by atoms with Gasteiger partial charge < -0.3 is 56.0 Å². The molecule has 0 amide bonds. The fraction of sp³-hybridized carbons (Fsp3) is 0.412. The number of carbonyl (C=O) groups is 2. The summed E-state index contributed by atoms with van der Waals surface area (Å²) in [5.41, 5.74) is 7.25. The molecular weight excluding hydrogens is 1020 g/mol. The summed E-state index contributed by atoms with van der Waals surface area (Å²) in [5, 5.41) is 80.0. The van der Waals surface area contributed by atoms with Gasteiger partial charge in [0.2, 0.25) is 0 Å². The number of aryl methyl sites for hydroxylation is 3. The van der Waals surface area contributed by atoms with Crippen LogP contribution in [0.2, 0.25) is 0 Å². The quantitative estimate of drug-likeness (QED) is 0.0298. The van der Waals surface area contributed by atoms with Crippen molar-refractivity contribution in [3.8, 4) is 29.1 Å². The van der Waals surface area contributed by atoms with E-state index < -0.39 is 65.8 Å². The van der Waals surface area contributed by atoms with Crippen LogP contribution in [0.4, 0.5) is 5.82 Å². The Kier molecular flexibility index (Phi) is 16.9. The maximum Gasteiger partial charge on any atom is 0.163 e. The van der Waals surface area contributed by atoms with Crippen LogP contribution in [0.15, 0.2) is 115 Å². The van der Waals surface area contributed by atoms with E-state index in [9.17, 15) is 30.6 Å². The van der Waals surface area contributed by atoms with E-state index in [1.807, 2.05) is 73.1 Å². The summed E-state index contributed by atoms with van der Waals surface area (Å²) >= 11 is 0. The minimum Gasteiger partial charge on any atom is -0.507 e. The Morgan fingerprint density at radius 3 is 2.46 bits per heavy atom. The standard InChI is InChI=1S/C68H76N4O9/c1-2-30-69-40-46-18-21-57-54-38-58-51(26-32-70-58)56(39-68(80)28-23-43-11-8-14-59(74)50(43)24-29-68)62(54)66(79)53(27-33-73)60(75)22-16-42-34-55(65(78)61(35-42)81-48-12-6-7-13-48)63(76)44-17-20-49(47(36-44)37-45-25-31-71-67(45)72-57)52(64(46)77)19-15-41-9-4-3-5-10-41/h3-5,8-11,14,17,20,24-26,29,31-32,34-36,38,46,48,52-53,56-57,62-64,69-74,76-78,80H,2,6-7,12-13,15-16,19,22-23,27-28,30,33,37,39-40H2,1H3. The average Bonchev–Trinajstić information content (AvgIpc) is 4.40. The lowest BCUT2D eigenvalue weighted by atomic mass is 9.65. The molecule has 0 radical (unpaired) electrons. The SMILES string of the molecule is CCCNCC1C#CC2Nc3[nH]ccc3Cc3cc(ccc3C(CCc3ccccc3)C1O)C(O)c1cc(cc(OC3CCCC3)c1O)CCC(=O)C(CCO)C(=O)C1C2=Cc2[nH]ccc2C1CC1(O)C=Cc2c(O)cccc2CC1. The van der Waals surface area contributed by atoms with Crippen molar-refractivity contribution in [2.24, 2.45) is 17.8 Å². The summed E-state index contributed by atoms with van der Waals surface area (Å²) < 4.78 is 6.52. The molecule has 6 aromatic rings. The van der Waals surface area contributed by atoms with Crippen LogP contribution in [0.3, 0.4) is 0 Å². The predicted molar refractivity (Wildman–Crippen MR) is 314 cm³/mol. The molecule has 10 N–H and O–H groups in total. The predicted octanol–water partition coefficient (Wildman–Crippen LogP) is 9.90. The fourth-order valence-electron chi connectivity index (χ4n) is 13.5. The Bertz CT molecular complexity index is 3360. The van der Waals surface area contributed by atoms with Crippen LogP contribution < -0.4 is 15.4 Å². The first-order valence-electron chi connectivity index (χ1n) is 29.4. The number of aromatic amines is 2. The topological polar surface area (TPSA) is 220 Å². The number of H-pyrrole nitrogens is 2. The number of ether oxygens (including phenoxy) is 1. The smallest absolute Gasteiger partial charge is 0.163 e. The summed E-state index contributed by atoms with van der Waals surface area (Å²) in [6.07, 6.45) is 13.4. The molecule has 11 rings (SSSR count). The number of phenolic OH excluding ortho intramolecular Hbond substituents is 2. The van der Waals surface area contributed by atoms with E-state index in [0.29, 0.717) is 66.9 Å². The molecule has 81 heavy (non-hydrogen) atoms. The van der Waals surface area contributed by atoms with Gasteiger partial charge in [-0.3, -0.25) is 9.59 Å². The highest BCUT2D eigenvalue weighted by molar-refractivity contribution is 6.05. The highest BCUT2D eigenvalue weighted by Crippen LogP contribution is 2.49. The number of rotatable bonds is 13.